The third-order valence-corrected chi connectivity index (χ3v) is 3.95. The van der Waals surface area contributed by atoms with E-state index in [1.165, 1.54) is 5.56 Å². The van der Waals surface area contributed by atoms with Gasteiger partial charge in [0.2, 0.25) is 5.91 Å². The van der Waals surface area contributed by atoms with Gasteiger partial charge < -0.3 is 21.1 Å². The van der Waals surface area contributed by atoms with Crippen LogP contribution in [0.2, 0.25) is 0 Å². The molecule has 4 N–H and O–H groups in total. The second-order valence-electron chi connectivity index (χ2n) is 5.98. The molecule has 0 aliphatic heterocycles. The lowest BCUT2D eigenvalue weighted by Crippen LogP contribution is -2.30. The molecule has 0 saturated carbocycles. The van der Waals surface area contributed by atoms with Crippen molar-refractivity contribution in [1.82, 2.24) is 5.32 Å². The van der Waals surface area contributed by atoms with E-state index >= 15 is 0 Å². The predicted octanol–water partition coefficient (Wildman–Crippen LogP) is 2.40. The summed E-state index contributed by atoms with van der Waals surface area (Å²) in [5, 5.41) is 5.46. The minimum absolute atomic E-state index is 0.186. The molecule has 0 heterocycles. The Kier molecular flexibility index (Phi) is 7.17. The van der Waals surface area contributed by atoms with Gasteiger partial charge in [0, 0.05) is 13.1 Å². The van der Waals surface area contributed by atoms with Gasteiger partial charge in [-0.1, -0.05) is 18.2 Å². The fourth-order valence-corrected chi connectivity index (χ4v) is 2.35. The lowest BCUT2D eigenvalue weighted by Gasteiger charge is -2.12. The molecule has 0 aliphatic rings. The number of hydrogen-bond acceptors (Lipinski definition) is 4. The molecule has 0 aromatic heterocycles. The average Bonchev–Trinajstić information content (AvgIpc) is 2.63. The van der Waals surface area contributed by atoms with E-state index in [0.717, 1.165) is 11.3 Å². The SMILES string of the molecule is Cc1ccc(OCCC(=O)Nc2ccccc2C(=O)NCCN)cc1C. The first-order chi connectivity index (χ1) is 12.5. The van der Waals surface area contributed by atoms with Crippen LogP contribution in [0.1, 0.15) is 27.9 Å². The standard InChI is InChI=1S/C20H25N3O3/c1-14-7-8-16(13-15(14)2)26-12-9-19(24)23-18-6-4-3-5-17(18)20(25)22-11-10-21/h3-8,13H,9-12,21H2,1-2H3,(H,22,25)(H,23,24). The van der Waals surface area contributed by atoms with Crippen LogP contribution in [-0.4, -0.2) is 31.5 Å². The first-order valence-electron chi connectivity index (χ1n) is 8.58. The lowest BCUT2D eigenvalue weighted by molar-refractivity contribution is -0.116. The number of aryl methyl sites for hydroxylation is 2. The van der Waals surface area contributed by atoms with Crippen LogP contribution in [0.4, 0.5) is 5.69 Å². The highest BCUT2D eigenvalue weighted by Crippen LogP contribution is 2.17. The van der Waals surface area contributed by atoms with E-state index in [9.17, 15) is 9.59 Å². The largest absolute Gasteiger partial charge is 0.493 e. The Balaban J connectivity index is 1.89. The molecular formula is C20H25N3O3. The molecule has 6 nitrogen and oxygen atoms in total. The zero-order valence-electron chi connectivity index (χ0n) is 15.2. The van der Waals surface area contributed by atoms with Crippen LogP contribution in [0.3, 0.4) is 0 Å². The summed E-state index contributed by atoms with van der Waals surface area (Å²) in [5.41, 5.74) is 8.61. The van der Waals surface area contributed by atoms with Gasteiger partial charge in [0.25, 0.3) is 5.91 Å². The van der Waals surface area contributed by atoms with Crippen LogP contribution in [0.25, 0.3) is 0 Å². The van der Waals surface area contributed by atoms with Gasteiger partial charge in [-0.15, -0.1) is 0 Å². The van der Waals surface area contributed by atoms with Crippen molar-refractivity contribution >= 4 is 17.5 Å². The molecule has 0 bridgehead atoms. The second-order valence-corrected chi connectivity index (χ2v) is 5.98. The normalized spacial score (nSPS) is 10.3. The smallest absolute Gasteiger partial charge is 0.253 e. The molecule has 0 spiro atoms. The van der Waals surface area contributed by atoms with E-state index in [4.69, 9.17) is 10.5 Å². The quantitative estimate of drug-likeness (QED) is 0.678. The van der Waals surface area contributed by atoms with E-state index in [2.05, 4.69) is 10.6 Å². The van der Waals surface area contributed by atoms with E-state index in [0.29, 0.717) is 24.3 Å². The lowest BCUT2D eigenvalue weighted by atomic mass is 10.1. The Morgan fingerprint density at radius 1 is 1.08 bits per heavy atom. The molecule has 0 radical (unpaired) electrons. The molecule has 0 fully saturated rings. The Morgan fingerprint density at radius 3 is 2.58 bits per heavy atom. The van der Waals surface area contributed by atoms with E-state index in [-0.39, 0.29) is 24.8 Å². The maximum atomic E-state index is 12.2. The van der Waals surface area contributed by atoms with Crippen LogP contribution in [0.5, 0.6) is 5.75 Å². The number of para-hydroxylation sites is 1. The topological polar surface area (TPSA) is 93.4 Å². The summed E-state index contributed by atoms with van der Waals surface area (Å²) >= 11 is 0. The number of carbonyl (C=O) groups excluding carboxylic acids is 2. The number of benzene rings is 2. The monoisotopic (exact) mass is 355 g/mol. The number of nitrogens with one attached hydrogen (secondary N) is 2. The van der Waals surface area contributed by atoms with Crippen LogP contribution in [0.15, 0.2) is 42.5 Å². The van der Waals surface area contributed by atoms with Gasteiger partial charge >= 0.3 is 0 Å². The first-order valence-corrected chi connectivity index (χ1v) is 8.58. The summed E-state index contributed by atoms with van der Waals surface area (Å²) in [7, 11) is 0. The molecule has 6 heteroatoms. The van der Waals surface area contributed by atoms with Gasteiger partial charge in [-0.3, -0.25) is 9.59 Å². The highest BCUT2D eigenvalue weighted by molar-refractivity contribution is 6.03. The van der Waals surface area contributed by atoms with Crippen molar-refractivity contribution in [2.75, 3.05) is 25.0 Å². The Labute approximate surface area is 153 Å². The summed E-state index contributed by atoms with van der Waals surface area (Å²) in [6, 6.07) is 12.7. The van der Waals surface area contributed by atoms with Crippen molar-refractivity contribution in [2.24, 2.45) is 5.73 Å². The highest BCUT2D eigenvalue weighted by Gasteiger charge is 2.12. The minimum Gasteiger partial charge on any atom is -0.493 e. The highest BCUT2D eigenvalue weighted by atomic mass is 16.5. The van der Waals surface area contributed by atoms with Crippen molar-refractivity contribution < 1.29 is 14.3 Å². The number of rotatable bonds is 8. The van der Waals surface area contributed by atoms with Crippen molar-refractivity contribution in [2.45, 2.75) is 20.3 Å². The van der Waals surface area contributed by atoms with E-state index < -0.39 is 0 Å². The molecule has 2 aromatic rings. The van der Waals surface area contributed by atoms with Crippen LogP contribution < -0.4 is 21.1 Å². The van der Waals surface area contributed by atoms with Gasteiger partial charge in [-0.2, -0.15) is 0 Å². The number of ether oxygens (including phenoxy) is 1. The van der Waals surface area contributed by atoms with Crippen molar-refractivity contribution in [3.63, 3.8) is 0 Å². The van der Waals surface area contributed by atoms with E-state index in [1.54, 1.807) is 24.3 Å². The molecular weight excluding hydrogens is 330 g/mol. The summed E-state index contributed by atoms with van der Waals surface area (Å²) in [6.07, 6.45) is 0.186. The summed E-state index contributed by atoms with van der Waals surface area (Å²) in [5.74, 6) is 0.258. The zero-order valence-corrected chi connectivity index (χ0v) is 15.2. The first kappa shape index (κ1) is 19.5. The summed E-state index contributed by atoms with van der Waals surface area (Å²) < 4.78 is 5.63. The van der Waals surface area contributed by atoms with Gasteiger partial charge in [0.1, 0.15) is 5.75 Å². The molecule has 0 unspecified atom stereocenters. The van der Waals surface area contributed by atoms with Crippen molar-refractivity contribution in [1.29, 1.82) is 0 Å². The molecule has 2 amide bonds. The number of hydrogen-bond donors (Lipinski definition) is 3. The Morgan fingerprint density at radius 2 is 1.85 bits per heavy atom. The molecule has 0 atom stereocenters. The van der Waals surface area contributed by atoms with Gasteiger partial charge in [0.15, 0.2) is 0 Å². The average molecular weight is 355 g/mol. The Hall–Kier alpha value is -2.86. The molecule has 2 aromatic carbocycles. The van der Waals surface area contributed by atoms with Crippen molar-refractivity contribution in [3.8, 4) is 5.75 Å². The molecule has 0 aliphatic carbocycles. The number of anilines is 1. The van der Waals surface area contributed by atoms with Crippen molar-refractivity contribution in [3.05, 3.63) is 59.2 Å². The van der Waals surface area contributed by atoms with Gasteiger partial charge in [-0.25, -0.2) is 0 Å². The minimum atomic E-state index is -0.266. The van der Waals surface area contributed by atoms with Crippen LogP contribution in [0, 0.1) is 13.8 Å². The van der Waals surface area contributed by atoms with Gasteiger partial charge in [-0.05, 0) is 49.2 Å². The third-order valence-electron chi connectivity index (χ3n) is 3.95. The number of nitrogens with two attached hydrogens (primary N) is 1. The maximum absolute atomic E-state index is 12.2. The molecule has 138 valence electrons. The molecule has 26 heavy (non-hydrogen) atoms. The van der Waals surface area contributed by atoms with Gasteiger partial charge in [0.05, 0.1) is 24.3 Å². The molecule has 0 saturated heterocycles. The molecule has 2 rings (SSSR count). The second kappa shape index (κ2) is 9.58. The maximum Gasteiger partial charge on any atom is 0.253 e. The fraction of sp³-hybridized carbons (Fsp3) is 0.300. The number of amides is 2. The van der Waals surface area contributed by atoms with Crippen LogP contribution >= 0.6 is 0 Å². The third kappa shape index (κ3) is 5.60. The summed E-state index contributed by atoms with van der Waals surface area (Å²) in [4.78, 5) is 24.3. The van der Waals surface area contributed by atoms with E-state index in [1.807, 2.05) is 32.0 Å². The predicted molar refractivity (Wildman–Crippen MR) is 102 cm³/mol. The zero-order chi connectivity index (χ0) is 18.9. The fourth-order valence-electron chi connectivity index (χ4n) is 2.35. The summed E-state index contributed by atoms with van der Waals surface area (Å²) in [6.45, 7) is 5.05. The number of carbonyl (C=O) groups is 2. The van der Waals surface area contributed by atoms with Crippen LogP contribution in [-0.2, 0) is 4.79 Å². The Bertz CT molecular complexity index is 775.